The molecule has 7 nitrogen and oxygen atoms in total. The van der Waals surface area contributed by atoms with Gasteiger partial charge in [-0.25, -0.2) is 0 Å². The average Bonchev–Trinajstić information content (AvgIpc) is 2.27. The second-order valence-electron chi connectivity index (χ2n) is 5.34. The Kier molecular flexibility index (Phi) is 6.30. The summed E-state index contributed by atoms with van der Waals surface area (Å²) in [5.41, 5.74) is -1.85. The number of benzene rings is 1. The molecule has 0 aliphatic heterocycles. The summed E-state index contributed by atoms with van der Waals surface area (Å²) in [4.78, 5) is 9.61. The monoisotopic (exact) mass is 285 g/mol. The van der Waals surface area contributed by atoms with Crippen LogP contribution >= 0.6 is 0 Å². The number of rotatable bonds is 3. The van der Waals surface area contributed by atoms with Crippen molar-refractivity contribution in [2.45, 2.75) is 38.9 Å². The Morgan fingerprint density at radius 3 is 1.55 bits per heavy atom. The number of hydrogen-bond donors (Lipinski definition) is 4. The third-order valence-electron chi connectivity index (χ3n) is 2.90. The maximum Gasteiger partial charge on any atom is 0.488 e. The van der Waals surface area contributed by atoms with Crippen molar-refractivity contribution in [2.24, 2.45) is 0 Å². The zero-order valence-electron chi connectivity index (χ0n) is 11.9. The van der Waals surface area contributed by atoms with E-state index in [9.17, 15) is 10.1 Å². The van der Waals surface area contributed by atoms with Crippen LogP contribution in [0, 0.1) is 10.1 Å². The van der Waals surface area contributed by atoms with Crippen LogP contribution in [0.5, 0.6) is 0 Å². The molecule has 0 amide bonds. The maximum atomic E-state index is 10.2. The van der Waals surface area contributed by atoms with Crippen LogP contribution in [-0.2, 0) is 0 Å². The lowest BCUT2D eigenvalue weighted by atomic mass is 9.80. The Balaban J connectivity index is 0.000000396. The summed E-state index contributed by atoms with van der Waals surface area (Å²) >= 11 is 0. The minimum Gasteiger partial charge on any atom is -0.423 e. The molecule has 1 rings (SSSR count). The summed E-state index contributed by atoms with van der Waals surface area (Å²) in [6, 6.07) is 5.02. The molecule has 0 heterocycles. The van der Waals surface area contributed by atoms with Gasteiger partial charge in [0.1, 0.15) is 0 Å². The molecule has 0 aromatic heterocycles. The van der Waals surface area contributed by atoms with Crippen molar-refractivity contribution in [1.29, 1.82) is 0 Å². The Labute approximate surface area is 117 Å². The summed E-state index contributed by atoms with van der Waals surface area (Å²) < 4.78 is 0. The third-order valence-corrected chi connectivity index (χ3v) is 2.90. The van der Waals surface area contributed by atoms with Crippen molar-refractivity contribution in [3.8, 4) is 0 Å². The SMILES string of the molecule is CC(C)(O)C(C)(C)O.O=[N+]([O-])c1ccc(B(O)O)cc1. The summed E-state index contributed by atoms with van der Waals surface area (Å²) in [5, 5.41) is 45.6. The van der Waals surface area contributed by atoms with Gasteiger partial charge in [0.15, 0.2) is 0 Å². The van der Waals surface area contributed by atoms with Gasteiger partial charge in [-0.1, -0.05) is 12.1 Å². The smallest absolute Gasteiger partial charge is 0.423 e. The van der Waals surface area contributed by atoms with Crippen LogP contribution in [0.2, 0.25) is 0 Å². The van der Waals surface area contributed by atoms with E-state index in [4.69, 9.17) is 20.3 Å². The second-order valence-corrected chi connectivity index (χ2v) is 5.34. The van der Waals surface area contributed by atoms with E-state index in [1.54, 1.807) is 27.7 Å². The Morgan fingerprint density at radius 1 is 1.00 bits per heavy atom. The highest BCUT2D eigenvalue weighted by molar-refractivity contribution is 6.58. The molecule has 0 bridgehead atoms. The lowest BCUT2D eigenvalue weighted by Crippen LogP contribution is -2.44. The normalized spacial score (nSPS) is 11.4. The molecule has 112 valence electrons. The minimum atomic E-state index is -1.58. The van der Waals surface area contributed by atoms with E-state index < -0.39 is 23.2 Å². The third kappa shape index (κ3) is 6.11. The van der Waals surface area contributed by atoms with E-state index in [0.717, 1.165) is 0 Å². The van der Waals surface area contributed by atoms with Crippen molar-refractivity contribution in [2.75, 3.05) is 0 Å². The topological polar surface area (TPSA) is 124 Å². The first kappa shape index (κ1) is 18.5. The highest BCUT2D eigenvalue weighted by Gasteiger charge is 2.31. The molecule has 0 saturated heterocycles. The molecule has 0 spiro atoms. The van der Waals surface area contributed by atoms with Gasteiger partial charge in [0, 0.05) is 12.1 Å². The molecule has 0 aliphatic rings. The fourth-order valence-corrected chi connectivity index (χ4v) is 0.768. The van der Waals surface area contributed by atoms with Gasteiger partial charge in [0.25, 0.3) is 5.69 Å². The van der Waals surface area contributed by atoms with Crippen LogP contribution in [0.3, 0.4) is 0 Å². The summed E-state index contributed by atoms with van der Waals surface area (Å²) in [7, 11) is -1.58. The van der Waals surface area contributed by atoms with E-state index in [1.807, 2.05) is 0 Å². The van der Waals surface area contributed by atoms with Crippen LogP contribution in [0.15, 0.2) is 24.3 Å². The van der Waals surface area contributed by atoms with Gasteiger partial charge >= 0.3 is 7.12 Å². The molecule has 0 atom stereocenters. The molecule has 0 saturated carbocycles. The second kappa shape index (κ2) is 6.80. The lowest BCUT2D eigenvalue weighted by Gasteiger charge is -2.31. The molecular weight excluding hydrogens is 265 g/mol. The number of hydrogen-bond acceptors (Lipinski definition) is 6. The van der Waals surface area contributed by atoms with Crippen LogP contribution in [0.1, 0.15) is 27.7 Å². The van der Waals surface area contributed by atoms with E-state index in [1.165, 1.54) is 24.3 Å². The van der Waals surface area contributed by atoms with Gasteiger partial charge in [-0.2, -0.15) is 0 Å². The van der Waals surface area contributed by atoms with E-state index in [2.05, 4.69) is 0 Å². The molecule has 0 aliphatic carbocycles. The van der Waals surface area contributed by atoms with Gasteiger partial charge in [0.2, 0.25) is 0 Å². The van der Waals surface area contributed by atoms with Gasteiger partial charge < -0.3 is 20.3 Å². The van der Waals surface area contributed by atoms with Crippen molar-refractivity contribution in [3.05, 3.63) is 34.4 Å². The molecule has 20 heavy (non-hydrogen) atoms. The summed E-state index contributed by atoms with van der Waals surface area (Å²) in [6.07, 6.45) is 0. The highest BCUT2D eigenvalue weighted by atomic mass is 16.6. The van der Waals surface area contributed by atoms with Gasteiger partial charge in [0.05, 0.1) is 16.1 Å². The van der Waals surface area contributed by atoms with Crippen LogP contribution in [-0.4, -0.2) is 43.5 Å². The van der Waals surface area contributed by atoms with E-state index in [-0.39, 0.29) is 11.2 Å². The minimum absolute atomic E-state index is 0.0700. The number of non-ortho nitro benzene ring substituents is 1. The quantitative estimate of drug-likeness (QED) is 0.346. The van der Waals surface area contributed by atoms with E-state index >= 15 is 0 Å². The van der Waals surface area contributed by atoms with Crippen LogP contribution in [0.4, 0.5) is 5.69 Å². The molecular formula is C12H20BNO6. The first-order valence-electron chi connectivity index (χ1n) is 5.91. The lowest BCUT2D eigenvalue weighted by molar-refractivity contribution is -0.384. The van der Waals surface area contributed by atoms with Crippen molar-refractivity contribution < 1.29 is 25.2 Å². The van der Waals surface area contributed by atoms with Crippen molar-refractivity contribution >= 4 is 18.3 Å². The number of nitro benzene ring substituents is 1. The van der Waals surface area contributed by atoms with Crippen molar-refractivity contribution in [1.82, 2.24) is 0 Å². The number of aliphatic hydroxyl groups is 2. The van der Waals surface area contributed by atoms with Gasteiger partial charge in [-0.05, 0) is 33.2 Å². The zero-order chi connectivity index (χ0) is 16.1. The fraction of sp³-hybridized carbons (Fsp3) is 0.500. The fourth-order valence-electron chi connectivity index (χ4n) is 0.768. The van der Waals surface area contributed by atoms with E-state index in [0.29, 0.717) is 0 Å². The average molecular weight is 285 g/mol. The number of nitro groups is 1. The Bertz CT molecular complexity index is 421. The molecule has 0 unspecified atom stereocenters. The largest absolute Gasteiger partial charge is 0.488 e. The molecule has 0 fully saturated rings. The Morgan fingerprint density at radius 2 is 1.35 bits per heavy atom. The predicted octanol–water partition coefficient (Wildman–Crippen LogP) is -0.197. The molecule has 8 heteroatoms. The number of nitrogens with zero attached hydrogens (tertiary/aromatic N) is 1. The molecule has 1 aromatic rings. The summed E-state index contributed by atoms with van der Waals surface area (Å²) in [5.74, 6) is 0. The van der Waals surface area contributed by atoms with Gasteiger partial charge in [-0.3, -0.25) is 10.1 Å². The Hall–Kier alpha value is -1.48. The highest BCUT2D eigenvalue weighted by Crippen LogP contribution is 2.19. The first-order valence-corrected chi connectivity index (χ1v) is 5.91. The first-order chi connectivity index (χ1) is 8.86. The molecule has 4 N–H and O–H groups in total. The molecule has 1 aromatic carbocycles. The van der Waals surface area contributed by atoms with Gasteiger partial charge in [-0.15, -0.1) is 0 Å². The maximum absolute atomic E-state index is 10.2. The standard InChI is InChI=1S/C6H6BNO4.C6H14O2/c9-7(10)5-1-3-6(4-2-5)8(11)12;1-5(2,7)6(3,4)8/h1-4,9-10H;7-8H,1-4H3. The van der Waals surface area contributed by atoms with Crippen LogP contribution in [0.25, 0.3) is 0 Å². The predicted molar refractivity (Wildman–Crippen MR) is 75.5 cm³/mol. The van der Waals surface area contributed by atoms with Crippen LogP contribution < -0.4 is 5.46 Å². The zero-order valence-corrected chi connectivity index (χ0v) is 11.9. The van der Waals surface area contributed by atoms with Crippen molar-refractivity contribution in [3.63, 3.8) is 0 Å². The molecule has 0 radical (unpaired) electrons. The summed E-state index contributed by atoms with van der Waals surface area (Å²) in [6.45, 7) is 6.31.